The van der Waals surface area contributed by atoms with Gasteiger partial charge in [0.05, 0.1) is 29.3 Å². The number of rotatable bonds is 3. The molecule has 0 spiro atoms. The lowest BCUT2D eigenvalue weighted by molar-refractivity contribution is -0.117. The average molecular weight is 412 g/mol. The van der Waals surface area contributed by atoms with Crippen molar-refractivity contribution in [2.45, 2.75) is 13.3 Å². The number of nitrogens with zero attached hydrogens (tertiary/aromatic N) is 4. The zero-order chi connectivity index (χ0) is 21.9. The number of nitrogens with one attached hydrogen (secondary N) is 1. The zero-order valence-electron chi connectivity index (χ0n) is 17.1. The van der Waals surface area contributed by atoms with Crippen LogP contribution in [-0.4, -0.2) is 22.9 Å². The Kier molecular flexibility index (Phi) is 4.08. The van der Waals surface area contributed by atoms with Crippen molar-refractivity contribution in [3.05, 3.63) is 48.5 Å². The van der Waals surface area contributed by atoms with E-state index in [1.165, 1.54) is 0 Å². The van der Waals surface area contributed by atoms with Crippen molar-refractivity contribution in [3.63, 3.8) is 0 Å². The molecule has 2 aromatic heterocycles. The number of nitrogens with two attached hydrogens (primary N) is 1. The molecule has 2 aliphatic rings. The highest BCUT2D eigenvalue weighted by Crippen LogP contribution is 2.42. The number of hydrogen-bond acceptors (Lipinski definition) is 7. The highest BCUT2D eigenvalue weighted by atomic mass is 16.5. The number of nitriles is 1. The van der Waals surface area contributed by atoms with E-state index in [1.807, 2.05) is 37.1 Å². The third-order valence-corrected chi connectivity index (χ3v) is 5.83. The molecule has 3 N–H and O–H groups in total. The molecule has 1 aliphatic carbocycles. The van der Waals surface area contributed by atoms with Gasteiger partial charge < -0.3 is 20.7 Å². The molecule has 1 aromatic carbocycles. The predicted octanol–water partition coefficient (Wildman–Crippen LogP) is 3.59. The first-order valence-electron chi connectivity index (χ1n) is 9.88. The zero-order valence-corrected chi connectivity index (χ0v) is 17.1. The summed E-state index contributed by atoms with van der Waals surface area (Å²) in [5.41, 5.74) is 9.78. The first-order chi connectivity index (χ1) is 14.9. The van der Waals surface area contributed by atoms with Crippen LogP contribution in [0.5, 0.6) is 5.75 Å². The Morgan fingerprint density at radius 3 is 2.94 bits per heavy atom. The molecule has 154 valence electrons. The number of aryl methyl sites for hydroxylation is 1. The molecule has 1 aliphatic heterocycles. The fourth-order valence-corrected chi connectivity index (χ4v) is 3.85. The maximum Gasteiger partial charge on any atom is 0.230 e. The predicted molar refractivity (Wildman–Crippen MR) is 118 cm³/mol. The molecule has 8 heteroatoms. The Hall–Kier alpha value is -4.12. The van der Waals surface area contributed by atoms with Crippen molar-refractivity contribution in [2.24, 2.45) is 11.8 Å². The summed E-state index contributed by atoms with van der Waals surface area (Å²) in [6.45, 7) is 5.91. The smallest absolute Gasteiger partial charge is 0.230 e. The Labute approximate surface area is 179 Å². The van der Waals surface area contributed by atoms with Gasteiger partial charge in [0.25, 0.3) is 0 Å². The van der Waals surface area contributed by atoms with Gasteiger partial charge in [-0.2, -0.15) is 5.26 Å². The third-order valence-electron chi connectivity index (χ3n) is 5.83. The Bertz CT molecular complexity index is 1330. The number of carbonyl (C=O) groups excluding carboxylic acids is 1. The SMILES string of the molecule is C=C1Oc2cc(-c3cc4cc(NC(=O)[C@H]5CC5C#N)ncc4c(N)n3)c(C)cc2N1C. The van der Waals surface area contributed by atoms with Crippen LogP contribution in [0.15, 0.2) is 42.9 Å². The van der Waals surface area contributed by atoms with Gasteiger partial charge in [-0.25, -0.2) is 9.97 Å². The summed E-state index contributed by atoms with van der Waals surface area (Å²) < 4.78 is 5.76. The van der Waals surface area contributed by atoms with Gasteiger partial charge in [0.2, 0.25) is 5.91 Å². The van der Waals surface area contributed by atoms with Crippen LogP contribution in [0.3, 0.4) is 0 Å². The van der Waals surface area contributed by atoms with E-state index in [0.717, 1.165) is 22.2 Å². The molecular formula is C23H20N6O2. The summed E-state index contributed by atoms with van der Waals surface area (Å²) in [5.74, 6) is 1.41. The molecule has 1 amide bonds. The van der Waals surface area contributed by atoms with Crippen molar-refractivity contribution >= 4 is 34.0 Å². The van der Waals surface area contributed by atoms with Crippen LogP contribution in [0.25, 0.3) is 22.0 Å². The number of anilines is 3. The molecule has 1 unspecified atom stereocenters. The second-order valence-corrected chi connectivity index (χ2v) is 7.94. The first kappa shape index (κ1) is 18.9. The largest absolute Gasteiger partial charge is 0.439 e. The summed E-state index contributed by atoms with van der Waals surface area (Å²) in [5, 5.41) is 13.2. The van der Waals surface area contributed by atoms with Crippen LogP contribution < -0.4 is 20.7 Å². The molecule has 0 bridgehead atoms. The summed E-state index contributed by atoms with van der Waals surface area (Å²) >= 11 is 0. The van der Waals surface area contributed by atoms with Gasteiger partial charge in [0.1, 0.15) is 11.6 Å². The van der Waals surface area contributed by atoms with Gasteiger partial charge in [-0.15, -0.1) is 0 Å². The topological polar surface area (TPSA) is 117 Å². The van der Waals surface area contributed by atoms with E-state index in [4.69, 9.17) is 15.7 Å². The van der Waals surface area contributed by atoms with Gasteiger partial charge >= 0.3 is 0 Å². The van der Waals surface area contributed by atoms with Gasteiger partial charge in [0, 0.05) is 24.2 Å². The summed E-state index contributed by atoms with van der Waals surface area (Å²) in [7, 11) is 1.91. The highest BCUT2D eigenvalue weighted by Gasteiger charge is 2.43. The van der Waals surface area contributed by atoms with E-state index in [-0.39, 0.29) is 17.7 Å². The van der Waals surface area contributed by atoms with Crippen LogP contribution in [0.1, 0.15) is 12.0 Å². The maximum atomic E-state index is 12.3. The van der Waals surface area contributed by atoms with E-state index in [9.17, 15) is 4.79 Å². The lowest BCUT2D eigenvalue weighted by Gasteiger charge is -2.13. The van der Waals surface area contributed by atoms with Gasteiger partial charge in [-0.1, -0.05) is 0 Å². The summed E-state index contributed by atoms with van der Waals surface area (Å²) in [6.07, 6.45) is 2.20. The molecule has 1 saturated carbocycles. The van der Waals surface area contributed by atoms with Crippen molar-refractivity contribution in [1.29, 1.82) is 5.26 Å². The molecule has 2 atom stereocenters. The van der Waals surface area contributed by atoms with Gasteiger partial charge in [-0.05, 0) is 55.1 Å². The monoisotopic (exact) mass is 412 g/mol. The number of carbonyl (C=O) groups is 1. The normalized spacial score (nSPS) is 19.0. The van der Waals surface area contributed by atoms with E-state index >= 15 is 0 Å². The minimum atomic E-state index is -0.262. The van der Waals surface area contributed by atoms with Crippen LogP contribution >= 0.6 is 0 Å². The van der Waals surface area contributed by atoms with Crippen LogP contribution in [0.2, 0.25) is 0 Å². The minimum Gasteiger partial charge on any atom is -0.439 e. The molecule has 3 heterocycles. The number of ether oxygens (including phenoxy) is 1. The van der Waals surface area contributed by atoms with Crippen LogP contribution in [-0.2, 0) is 4.79 Å². The molecule has 0 radical (unpaired) electrons. The van der Waals surface area contributed by atoms with E-state index in [1.54, 1.807) is 12.3 Å². The number of benzene rings is 1. The van der Waals surface area contributed by atoms with E-state index in [0.29, 0.717) is 40.8 Å². The maximum absolute atomic E-state index is 12.3. The molecule has 1 fully saturated rings. The molecule has 0 saturated heterocycles. The quantitative estimate of drug-likeness (QED) is 0.675. The second kappa shape index (κ2) is 6.71. The fraction of sp³-hybridized carbons (Fsp3) is 0.217. The van der Waals surface area contributed by atoms with E-state index in [2.05, 4.69) is 27.9 Å². The fourth-order valence-electron chi connectivity index (χ4n) is 3.85. The molecule has 8 nitrogen and oxygen atoms in total. The first-order valence-corrected chi connectivity index (χ1v) is 9.88. The summed E-state index contributed by atoms with van der Waals surface area (Å²) in [4.78, 5) is 23.0. The van der Waals surface area contributed by atoms with E-state index < -0.39 is 0 Å². The highest BCUT2D eigenvalue weighted by molar-refractivity contribution is 5.98. The van der Waals surface area contributed by atoms with Crippen LogP contribution in [0.4, 0.5) is 17.3 Å². The minimum absolute atomic E-state index is 0.184. The van der Waals surface area contributed by atoms with Crippen molar-refractivity contribution in [2.75, 3.05) is 23.0 Å². The Morgan fingerprint density at radius 2 is 2.19 bits per heavy atom. The van der Waals surface area contributed by atoms with Gasteiger partial charge in [0.15, 0.2) is 11.6 Å². The lowest BCUT2D eigenvalue weighted by Crippen LogP contribution is -2.15. The summed E-state index contributed by atoms with van der Waals surface area (Å²) in [6, 6.07) is 9.78. The number of hydrogen-bond donors (Lipinski definition) is 2. The van der Waals surface area contributed by atoms with Crippen molar-refractivity contribution in [3.8, 4) is 23.1 Å². The molecule has 3 aromatic rings. The average Bonchev–Trinajstić information content (AvgIpc) is 3.48. The number of fused-ring (bicyclic) bond motifs is 2. The standard InChI is InChI=1S/C23H20N6O2/c1-11-4-19-20(31-12(2)29(19)3)8-15(11)18-6-13-7-21(26-10-17(13)22(25)27-18)28-23(30)16-5-14(16)9-24/h4,6-8,10,14,16H,2,5H2,1,3H3,(H2,25,27)(H,26,28,30)/t14?,16-/m0/s1. The lowest BCUT2D eigenvalue weighted by atomic mass is 10.0. The molecule has 31 heavy (non-hydrogen) atoms. The number of amides is 1. The Balaban J connectivity index is 1.52. The van der Waals surface area contributed by atoms with Crippen LogP contribution in [0, 0.1) is 30.1 Å². The third kappa shape index (κ3) is 3.11. The molecule has 5 rings (SSSR count). The molecular weight excluding hydrogens is 392 g/mol. The Morgan fingerprint density at radius 1 is 1.39 bits per heavy atom. The number of aromatic nitrogens is 2. The second-order valence-electron chi connectivity index (χ2n) is 7.94. The van der Waals surface area contributed by atoms with Gasteiger partial charge in [-0.3, -0.25) is 4.79 Å². The van der Waals surface area contributed by atoms with Crippen molar-refractivity contribution < 1.29 is 9.53 Å². The number of pyridine rings is 2. The number of nitrogen functional groups attached to an aromatic ring is 1. The van der Waals surface area contributed by atoms with Crippen molar-refractivity contribution in [1.82, 2.24) is 9.97 Å².